The van der Waals surface area contributed by atoms with Crippen molar-refractivity contribution in [2.45, 2.75) is 46.4 Å². The number of hydrogen-bond acceptors (Lipinski definition) is 3. The van der Waals surface area contributed by atoms with Crippen molar-refractivity contribution in [2.24, 2.45) is 0 Å². The summed E-state index contributed by atoms with van der Waals surface area (Å²) in [5.41, 5.74) is 8.69. The van der Waals surface area contributed by atoms with Gasteiger partial charge in [0, 0.05) is 25.8 Å². The predicted octanol–water partition coefficient (Wildman–Crippen LogP) is 11.6. The fraction of sp³-hybridized carbons (Fsp3) is 0.175. The predicted molar refractivity (Wildman–Crippen MR) is 182 cm³/mol. The highest BCUT2D eigenvalue weighted by Gasteiger charge is 2.26. The van der Waals surface area contributed by atoms with E-state index < -0.39 is 6.85 Å². The maximum atomic E-state index is 8.57. The zero-order chi connectivity index (χ0) is 32.6. The lowest BCUT2D eigenvalue weighted by molar-refractivity contribution is 0.631. The third-order valence-electron chi connectivity index (χ3n) is 8.67. The molecular formula is C40H34N2O2. The van der Waals surface area contributed by atoms with E-state index in [0.717, 1.165) is 66.6 Å². The minimum Gasteiger partial charge on any atom is -0.456 e. The van der Waals surface area contributed by atoms with Crippen LogP contribution in [0.4, 0.5) is 0 Å². The van der Waals surface area contributed by atoms with Crippen molar-refractivity contribution in [3.63, 3.8) is 0 Å². The summed E-state index contributed by atoms with van der Waals surface area (Å²) in [5, 5.41) is 3.06. The van der Waals surface area contributed by atoms with Gasteiger partial charge in [-0.25, -0.2) is 4.98 Å². The average molecular weight is 578 g/mol. The number of fused-ring (bicyclic) bond motifs is 5. The van der Waals surface area contributed by atoms with Crippen LogP contribution in [-0.2, 0) is 0 Å². The Bertz CT molecular complexity index is 2410. The fourth-order valence-corrected chi connectivity index (χ4v) is 6.53. The van der Waals surface area contributed by atoms with E-state index in [4.69, 9.17) is 17.9 Å². The van der Waals surface area contributed by atoms with Crippen molar-refractivity contribution in [1.82, 2.24) is 9.55 Å². The Kier molecular flexibility index (Phi) is 5.31. The normalized spacial score (nSPS) is 13.5. The fourth-order valence-electron chi connectivity index (χ4n) is 6.53. The molecule has 0 bridgehead atoms. The Morgan fingerprint density at radius 2 is 1.41 bits per heavy atom. The quantitative estimate of drug-likeness (QED) is 0.204. The van der Waals surface area contributed by atoms with E-state index in [0.29, 0.717) is 16.9 Å². The van der Waals surface area contributed by atoms with Crippen molar-refractivity contribution in [1.29, 1.82) is 0 Å². The number of aromatic nitrogens is 2. The summed E-state index contributed by atoms with van der Waals surface area (Å²) in [6.45, 7) is 6.34. The molecule has 4 heteroatoms. The Balaban J connectivity index is 1.51. The molecule has 0 aliphatic carbocycles. The first-order valence-corrected chi connectivity index (χ1v) is 15.2. The lowest BCUT2D eigenvalue weighted by Crippen LogP contribution is -2.10. The standard InChI is InChI=1S/C40H34N2O2/c1-23(2)31-20-27(36-22-26-13-6-8-18-34(26)43-36)21-32(24(3)4)38(31)42-37-25(5)12-10-17-33(37)41-40(42)30-16-11-15-29-28-14-7-9-19-35(28)44-39(29)30/h6-24H,1-5H3/i5D3. The van der Waals surface area contributed by atoms with Crippen LogP contribution in [-0.4, -0.2) is 9.55 Å². The summed E-state index contributed by atoms with van der Waals surface area (Å²) in [5.74, 6) is 1.63. The van der Waals surface area contributed by atoms with Crippen molar-refractivity contribution in [3.05, 3.63) is 120 Å². The number of rotatable bonds is 5. The summed E-state index contributed by atoms with van der Waals surface area (Å²) in [6.07, 6.45) is 0. The van der Waals surface area contributed by atoms with Crippen LogP contribution in [0, 0.1) is 6.85 Å². The monoisotopic (exact) mass is 577 g/mol. The van der Waals surface area contributed by atoms with Crippen LogP contribution < -0.4 is 0 Å². The van der Waals surface area contributed by atoms with E-state index in [1.807, 2.05) is 54.6 Å². The largest absolute Gasteiger partial charge is 0.456 e. The molecule has 216 valence electrons. The minimum absolute atomic E-state index is 0.0963. The van der Waals surface area contributed by atoms with Crippen LogP contribution in [0.1, 0.15) is 60.3 Å². The number of para-hydroxylation sites is 4. The molecule has 3 aromatic heterocycles. The maximum absolute atomic E-state index is 8.57. The third kappa shape index (κ3) is 4.01. The Labute approximate surface area is 260 Å². The molecule has 8 aromatic rings. The molecule has 3 heterocycles. The highest BCUT2D eigenvalue weighted by Crippen LogP contribution is 2.43. The molecule has 8 rings (SSSR count). The van der Waals surface area contributed by atoms with Crippen LogP contribution in [0.5, 0.6) is 0 Å². The molecule has 0 saturated heterocycles. The molecule has 0 N–H and O–H groups in total. The molecule has 0 aliphatic heterocycles. The zero-order valence-corrected chi connectivity index (χ0v) is 25.2. The molecule has 5 aromatic carbocycles. The van der Waals surface area contributed by atoms with Crippen LogP contribution in [0.25, 0.3) is 72.3 Å². The molecular weight excluding hydrogens is 540 g/mol. The molecule has 4 nitrogen and oxygen atoms in total. The van der Waals surface area contributed by atoms with Crippen molar-refractivity contribution in [2.75, 3.05) is 0 Å². The maximum Gasteiger partial charge on any atom is 0.149 e. The number of nitrogens with zero attached hydrogens (tertiary/aromatic N) is 2. The first-order valence-electron chi connectivity index (χ1n) is 16.7. The zero-order valence-electron chi connectivity index (χ0n) is 28.2. The third-order valence-corrected chi connectivity index (χ3v) is 8.67. The number of furan rings is 2. The number of hydrogen-bond donors (Lipinski definition) is 0. The summed E-state index contributed by atoms with van der Waals surface area (Å²) in [4.78, 5) is 5.20. The summed E-state index contributed by atoms with van der Waals surface area (Å²) in [6, 6.07) is 34.0. The second-order valence-corrected chi connectivity index (χ2v) is 12.2. The number of aryl methyl sites for hydroxylation is 1. The van der Waals surface area contributed by atoms with E-state index in [1.165, 1.54) is 0 Å². The topological polar surface area (TPSA) is 44.1 Å². The number of benzene rings is 5. The average Bonchev–Trinajstić information content (AvgIpc) is 3.76. The number of imidazole rings is 1. The molecule has 0 radical (unpaired) electrons. The van der Waals surface area contributed by atoms with E-state index in [9.17, 15) is 0 Å². The van der Waals surface area contributed by atoms with Gasteiger partial charge in [0.1, 0.15) is 28.3 Å². The van der Waals surface area contributed by atoms with Gasteiger partial charge in [-0.3, -0.25) is 4.57 Å². The van der Waals surface area contributed by atoms with E-state index in [2.05, 4.69) is 68.7 Å². The Morgan fingerprint density at radius 1 is 0.705 bits per heavy atom. The molecule has 0 spiro atoms. The Hall–Kier alpha value is -5.09. The molecule has 44 heavy (non-hydrogen) atoms. The van der Waals surface area contributed by atoms with Gasteiger partial charge in [-0.15, -0.1) is 0 Å². The van der Waals surface area contributed by atoms with Crippen molar-refractivity contribution in [3.8, 4) is 28.4 Å². The van der Waals surface area contributed by atoms with E-state index >= 15 is 0 Å². The van der Waals surface area contributed by atoms with Gasteiger partial charge in [0.15, 0.2) is 0 Å². The van der Waals surface area contributed by atoms with Crippen molar-refractivity contribution < 1.29 is 12.9 Å². The van der Waals surface area contributed by atoms with Gasteiger partial charge in [0.2, 0.25) is 0 Å². The summed E-state index contributed by atoms with van der Waals surface area (Å²) >= 11 is 0. The Morgan fingerprint density at radius 3 is 2.16 bits per heavy atom. The van der Waals surface area contributed by atoms with Gasteiger partial charge in [0.05, 0.1) is 22.3 Å². The first kappa shape index (κ1) is 23.4. The molecule has 0 fully saturated rings. The smallest absolute Gasteiger partial charge is 0.149 e. The lowest BCUT2D eigenvalue weighted by atomic mass is 9.89. The summed E-state index contributed by atoms with van der Waals surface area (Å²) < 4.78 is 40.7. The minimum atomic E-state index is -2.36. The van der Waals surface area contributed by atoms with E-state index in [1.54, 1.807) is 12.1 Å². The molecule has 0 amide bonds. The van der Waals surface area contributed by atoms with Crippen LogP contribution in [0.15, 0.2) is 112 Å². The molecule has 0 unspecified atom stereocenters. The highest BCUT2D eigenvalue weighted by molar-refractivity contribution is 6.09. The first-order chi connectivity index (χ1) is 22.6. The highest BCUT2D eigenvalue weighted by atomic mass is 16.3. The van der Waals surface area contributed by atoms with Gasteiger partial charge in [-0.05, 0) is 77.8 Å². The van der Waals surface area contributed by atoms with Crippen LogP contribution in [0.3, 0.4) is 0 Å². The van der Waals surface area contributed by atoms with Crippen LogP contribution >= 0.6 is 0 Å². The van der Waals surface area contributed by atoms with Crippen molar-refractivity contribution >= 4 is 43.9 Å². The summed E-state index contributed by atoms with van der Waals surface area (Å²) in [7, 11) is 0. The van der Waals surface area contributed by atoms with Gasteiger partial charge >= 0.3 is 0 Å². The molecule has 0 aliphatic rings. The molecule has 0 saturated carbocycles. The second-order valence-electron chi connectivity index (χ2n) is 12.2. The van der Waals surface area contributed by atoms with Gasteiger partial charge < -0.3 is 8.83 Å². The SMILES string of the molecule is [2H]C([2H])([2H])c1cccc2nc(-c3cccc4c3oc3ccccc34)n(-c3c(C(C)C)cc(-c4cc5ccccc5o4)cc3C(C)C)c12. The van der Waals surface area contributed by atoms with Crippen LogP contribution in [0.2, 0.25) is 0 Å². The van der Waals surface area contributed by atoms with Gasteiger partial charge in [0.25, 0.3) is 0 Å². The van der Waals surface area contributed by atoms with E-state index in [-0.39, 0.29) is 17.4 Å². The molecule has 0 atom stereocenters. The van der Waals surface area contributed by atoms with Gasteiger partial charge in [-0.2, -0.15) is 0 Å². The van der Waals surface area contributed by atoms with Gasteiger partial charge in [-0.1, -0.05) is 88.4 Å². The lowest BCUT2D eigenvalue weighted by Gasteiger charge is -2.24. The second kappa shape index (κ2) is 9.99.